The van der Waals surface area contributed by atoms with Gasteiger partial charge in [-0.1, -0.05) is 88.6 Å². The van der Waals surface area contributed by atoms with Gasteiger partial charge in [0.15, 0.2) is 6.04 Å². The maximum absolute atomic E-state index is 13.3. The number of aliphatic carboxylic acids is 1. The lowest BCUT2D eigenvalue weighted by Gasteiger charge is -2.24. The number of hydrogen-bond acceptors (Lipinski definition) is 7. The SMILES string of the molecule is CCCCN(CCCC)CC(=O)Nc1ccccc1C(=N[C@H](C(=O)O)[C@@H](CCC)CC(=O)N1CCOC1=O)c1ccccc1. The molecule has 0 aliphatic carbocycles. The number of anilines is 1. The Morgan fingerprint density at radius 1 is 0.977 bits per heavy atom. The Balaban J connectivity index is 1.98. The molecule has 1 heterocycles. The largest absolute Gasteiger partial charge is 0.480 e. The number of unbranched alkanes of at least 4 members (excludes halogenated alkanes) is 2. The molecule has 2 aromatic rings. The van der Waals surface area contributed by atoms with Crippen LogP contribution in [-0.4, -0.2) is 83.3 Å². The van der Waals surface area contributed by atoms with Gasteiger partial charge in [0.25, 0.3) is 0 Å². The van der Waals surface area contributed by atoms with Crippen LogP contribution in [-0.2, 0) is 19.1 Å². The fourth-order valence-corrected chi connectivity index (χ4v) is 5.32. The lowest BCUT2D eigenvalue weighted by molar-refractivity contribution is -0.140. The highest BCUT2D eigenvalue weighted by molar-refractivity contribution is 6.17. The van der Waals surface area contributed by atoms with Gasteiger partial charge in [0.2, 0.25) is 11.8 Å². The van der Waals surface area contributed by atoms with Crippen molar-refractivity contribution in [3.05, 3.63) is 65.7 Å². The van der Waals surface area contributed by atoms with E-state index in [4.69, 9.17) is 9.73 Å². The Bertz CT molecular complexity index is 1270. The fourth-order valence-electron chi connectivity index (χ4n) is 5.32. The number of hydrogen-bond donors (Lipinski definition) is 2. The first kappa shape index (κ1) is 34.4. The summed E-state index contributed by atoms with van der Waals surface area (Å²) in [6, 6.07) is 15.2. The molecule has 0 unspecified atom stereocenters. The van der Waals surface area contributed by atoms with Crippen LogP contribution in [0.15, 0.2) is 59.6 Å². The normalized spacial score (nSPS) is 14.8. The fraction of sp³-hybridized carbons (Fsp3) is 0.500. The first-order valence-electron chi connectivity index (χ1n) is 15.7. The molecule has 1 fully saturated rings. The second kappa shape index (κ2) is 17.9. The Morgan fingerprint density at radius 2 is 1.64 bits per heavy atom. The van der Waals surface area contributed by atoms with Crippen molar-refractivity contribution in [3.8, 4) is 0 Å². The maximum Gasteiger partial charge on any atom is 0.416 e. The summed E-state index contributed by atoms with van der Waals surface area (Å²) in [5.41, 5.74) is 2.18. The predicted octanol–water partition coefficient (Wildman–Crippen LogP) is 5.60. The Kier molecular flexibility index (Phi) is 14.0. The summed E-state index contributed by atoms with van der Waals surface area (Å²) in [5, 5.41) is 13.5. The number of benzene rings is 2. The number of carboxylic acids is 1. The number of carbonyl (C=O) groups is 4. The second-order valence-electron chi connectivity index (χ2n) is 11.1. The van der Waals surface area contributed by atoms with E-state index in [2.05, 4.69) is 24.1 Å². The molecule has 44 heavy (non-hydrogen) atoms. The lowest BCUT2D eigenvalue weighted by Crippen LogP contribution is -2.37. The van der Waals surface area contributed by atoms with E-state index in [0.717, 1.165) is 43.7 Å². The van der Waals surface area contributed by atoms with Crippen LogP contribution in [0, 0.1) is 5.92 Å². The Hall–Kier alpha value is -4.05. The van der Waals surface area contributed by atoms with E-state index in [1.165, 1.54) is 0 Å². The van der Waals surface area contributed by atoms with Gasteiger partial charge >= 0.3 is 12.1 Å². The highest BCUT2D eigenvalue weighted by atomic mass is 16.6. The van der Waals surface area contributed by atoms with Gasteiger partial charge in [0.1, 0.15) is 6.61 Å². The van der Waals surface area contributed by atoms with E-state index in [9.17, 15) is 24.3 Å². The third kappa shape index (κ3) is 10.0. The van der Waals surface area contributed by atoms with Crippen molar-refractivity contribution in [3.63, 3.8) is 0 Å². The Labute approximate surface area is 260 Å². The molecule has 1 aliphatic heterocycles. The van der Waals surface area contributed by atoms with Gasteiger partial charge in [-0.3, -0.25) is 19.5 Å². The number of para-hydroxylation sites is 1. The third-order valence-corrected chi connectivity index (χ3v) is 7.65. The molecular formula is C34H46N4O6. The smallest absolute Gasteiger partial charge is 0.416 e. The lowest BCUT2D eigenvalue weighted by atomic mass is 9.90. The number of aliphatic imine (C=N–C) groups is 1. The summed E-state index contributed by atoms with van der Waals surface area (Å²) in [6.45, 7) is 8.38. The zero-order valence-corrected chi connectivity index (χ0v) is 26.2. The average molecular weight is 607 g/mol. The van der Waals surface area contributed by atoms with Crippen LogP contribution in [0.25, 0.3) is 0 Å². The van der Waals surface area contributed by atoms with E-state index in [1.807, 2.05) is 55.5 Å². The molecule has 2 aromatic carbocycles. The summed E-state index contributed by atoms with van der Waals surface area (Å²) >= 11 is 0. The van der Waals surface area contributed by atoms with Crippen LogP contribution in [0.4, 0.5) is 10.5 Å². The van der Waals surface area contributed by atoms with Gasteiger partial charge in [0, 0.05) is 23.5 Å². The topological polar surface area (TPSA) is 129 Å². The minimum atomic E-state index is -1.27. The predicted molar refractivity (Wildman–Crippen MR) is 171 cm³/mol. The molecule has 238 valence electrons. The highest BCUT2D eigenvalue weighted by Crippen LogP contribution is 2.26. The summed E-state index contributed by atoms with van der Waals surface area (Å²) in [6.07, 6.45) is 4.28. The van der Waals surface area contributed by atoms with Gasteiger partial charge in [-0.15, -0.1) is 0 Å². The molecule has 0 bridgehead atoms. The minimum Gasteiger partial charge on any atom is -0.480 e. The van der Waals surface area contributed by atoms with E-state index in [1.54, 1.807) is 6.07 Å². The average Bonchev–Trinajstić information content (AvgIpc) is 3.45. The molecule has 2 atom stereocenters. The van der Waals surface area contributed by atoms with Gasteiger partial charge in [-0.2, -0.15) is 0 Å². The second-order valence-corrected chi connectivity index (χ2v) is 11.1. The molecule has 0 saturated carbocycles. The monoisotopic (exact) mass is 606 g/mol. The summed E-state index contributed by atoms with van der Waals surface area (Å²) in [4.78, 5) is 59.1. The van der Waals surface area contributed by atoms with Crippen molar-refractivity contribution in [2.75, 3.05) is 38.1 Å². The number of carbonyl (C=O) groups excluding carboxylic acids is 3. The van der Waals surface area contributed by atoms with E-state index < -0.39 is 29.9 Å². The molecule has 3 rings (SSSR count). The number of rotatable bonds is 18. The molecule has 0 radical (unpaired) electrons. The highest BCUT2D eigenvalue weighted by Gasteiger charge is 2.35. The molecular weight excluding hydrogens is 560 g/mol. The molecule has 10 nitrogen and oxygen atoms in total. The van der Waals surface area contributed by atoms with E-state index >= 15 is 0 Å². The zero-order valence-electron chi connectivity index (χ0n) is 26.2. The first-order chi connectivity index (χ1) is 21.3. The first-order valence-corrected chi connectivity index (χ1v) is 15.7. The zero-order chi connectivity index (χ0) is 31.9. The van der Waals surface area contributed by atoms with Crippen LogP contribution in [0.2, 0.25) is 0 Å². The number of nitrogens with one attached hydrogen (secondary N) is 1. The van der Waals surface area contributed by atoms with Crippen molar-refractivity contribution < 1.29 is 29.0 Å². The van der Waals surface area contributed by atoms with Crippen molar-refractivity contribution >= 4 is 35.3 Å². The van der Waals surface area contributed by atoms with Crippen LogP contribution in [0.3, 0.4) is 0 Å². The van der Waals surface area contributed by atoms with E-state index in [-0.39, 0.29) is 32.0 Å². The number of nitrogens with zero attached hydrogens (tertiary/aromatic N) is 3. The van der Waals surface area contributed by atoms with Crippen LogP contribution < -0.4 is 5.32 Å². The van der Waals surface area contributed by atoms with Crippen LogP contribution >= 0.6 is 0 Å². The number of carboxylic acid groups (broad SMARTS) is 1. The summed E-state index contributed by atoms with van der Waals surface area (Å²) in [5.74, 6) is -2.46. The molecule has 1 aliphatic rings. The van der Waals surface area contributed by atoms with Crippen LogP contribution in [0.1, 0.15) is 76.8 Å². The van der Waals surface area contributed by atoms with Gasteiger partial charge in [-0.25, -0.2) is 14.5 Å². The van der Waals surface area contributed by atoms with Crippen molar-refractivity contribution in [2.45, 2.75) is 71.8 Å². The number of amides is 3. The van der Waals surface area contributed by atoms with Gasteiger partial charge in [-0.05, 0) is 38.4 Å². The maximum atomic E-state index is 13.3. The van der Waals surface area contributed by atoms with Crippen molar-refractivity contribution in [1.82, 2.24) is 9.80 Å². The van der Waals surface area contributed by atoms with Gasteiger partial charge < -0.3 is 15.2 Å². The quantitative estimate of drug-likeness (QED) is 0.211. The number of ether oxygens (including phenoxy) is 1. The molecule has 3 amide bonds. The number of cyclic esters (lactones) is 1. The summed E-state index contributed by atoms with van der Waals surface area (Å²) < 4.78 is 4.91. The van der Waals surface area contributed by atoms with E-state index in [0.29, 0.717) is 35.4 Å². The Morgan fingerprint density at radius 3 is 2.23 bits per heavy atom. The molecule has 10 heteroatoms. The third-order valence-electron chi connectivity index (χ3n) is 7.65. The molecule has 0 aromatic heterocycles. The van der Waals surface area contributed by atoms with Crippen molar-refractivity contribution in [2.24, 2.45) is 10.9 Å². The minimum absolute atomic E-state index is 0.124. The number of imide groups is 1. The van der Waals surface area contributed by atoms with Crippen LogP contribution in [0.5, 0.6) is 0 Å². The van der Waals surface area contributed by atoms with Crippen molar-refractivity contribution in [1.29, 1.82) is 0 Å². The molecule has 0 spiro atoms. The molecule has 2 N–H and O–H groups in total. The van der Waals surface area contributed by atoms with Gasteiger partial charge in [0.05, 0.1) is 24.5 Å². The molecule has 1 saturated heterocycles. The summed E-state index contributed by atoms with van der Waals surface area (Å²) in [7, 11) is 0. The standard InChI is InChI=1S/C34H46N4O6/c1-4-7-19-37(20-8-5-2)24-29(39)35-28-18-13-12-17-27(28)31(25-15-10-9-11-16-25)36-32(33(41)42)26(14-6-3)23-30(40)38-21-22-44-34(38)43/h9-13,15-18,26,32H,4-8,14,19-24H2,1-3H3,(H,35,39)(H,41,42)/t26-,32-/m0/s1.